The lowest BCUT2D eigenvalue weighted by Crippen LogP contribution is -2.35. The van der Waals surface area contributed by atoms with E-state index < -0.39 is 0 Å². The highest BCUT2D eigenvalue weighted by molar-refractivity contribution is 5.80. The van der Waals surface area contributed by atoms with Crippen molar-refractivity contribution < 1.29 is 28.6 Å². The van der Waals surface area contributed by atoms with Crippen molar-refractivity contribution >= 4 is 18.9 Å². The number of carbonyl (C=O) groups excluding carboxylic acids is 3. The topological polar surface area (TPSA) is 82.1 Å². The molecule has 0 saturated heterocycles. The van der Waals surface area contributed by atoms with Crippen molar-refractivity contribution in [2.24, 2.45) is 0 Å². The monoisotopic (exact) mass is 503 g/mol. The maximum atomic E-state index is 11.4. The minimum Gasteiger partial charge on any atom is -0.492 e. The Balaban J connectivity index is 1.61. The van der Waals surface area contributed by atoms with Gasteiger partial charge in [0.15, 0.2) is 18.9 Å². The molecule has 0 amide bonds. The molecular weight excluding hydrogens is 470 g/mol. The van der Waals surface area contributed by atoms with Crippen molar-refractivity contribution in [3.05, 3.63) is 88.0 Å². The summed E-state index contributed by atoms with van der Waals surface area (Å²) in [6.45, 7) is 8.52. The fourth-order valence-corrected chi connectivity index (χ4v) is 3.86. The second-order valence-electron chi connectivity index (χ2n) is 8.86. The molecule has 0 aliphatic rings. The first-order chi connectivity index (χ1) is 17.9. The van der Waals surface area contributed by atoms with Gasteiger partial charge < -0.3 is 14.2 Å². The fraction of sp³-hybridized carbons (Fsp3) is 0.300. The maximum Gasteiger partial charge on any atom is 0.153 e. The van der Waals surface area contributed by atoms with Crippen molar-refractivity contribution in [2.75, 3.05) is 39.5 Å². The molecule has 7 nitrogen and oxygen atoms in total. The Hall–Kier alpha value is -3.97. The quantitative estimate of drug-likeness (QED) is 0.273. The molecule has 0 radical (unpaired) electrons. The molecule has 7 heteroatoms. The highest BCUT2D eigenvalue weighted by atomic mass is 16.5. The van der Waals surface area contributed by atoms with E-state index in [1.807, 2.05) is 39.0 Å². The van der Waals surface area contributed by atoms with E-state index in [9.17, 15) is 14.4 Å². The molecule has 0 N–H and O–H groups in total. The highest BCUT2D eigenvalue weighted by Gasteiger charge is 2.11. The Morgan fingerprint density at radius 3 is 1.11 bits per heavy atom. The molecule has 0 aromatic heterocycles. The molecule has 3 aromatic carbocycles. The van der Waals surface area contributed by atoms with Gasteiger partial charge in [-0.15, -0.1) is 0 Å². The summed E-state index contributed by atoms with van der Waals surface area (Å²) in [6, 6.07) is 16.5. The number of nitrogens with zero attached hydrogens (tertiary/aromatic N) is 1. The van der Waals surface area contributed by atoms with Crippen LogP contribution in [-0.2, 0) is 0 Å². The van der Waals surface area contributed by atoms with Crippen LogP contribution in [0.4, 0.5) is 0 Å². The lowest BCUT2D eigenvalue weighted by Gasteiger charge is -2.23. The van der Waals surface area contributed by atoms with Gasteiger partial charge in [0, 0.05) is 19.6 Å². The van der Waals surface area contributed by atoms with Crippen molar-refractivity contribution in [3.63, 3.8) is 0 Å². The number of hydrogen-bond acceptors (Lipinski definition) is 7. The van der Waals surface area contributed by atoms with E-state index in [0.29, 0.717) is 73.4 Å². The normalized spacial score (nSPS) is 10.7. The van der Waals surface area contributed by atoms with Gasteiger partial charge in [-0.2, -0.15) is 0 Å². The summed E-state index contributed by atoms with van der Waals surface area (Å²) < 4.78 is 17.7. The van der Waals surface area contributed by atoms with Gasteiger partial charge in [0.05, 0.1) is 16.7 Å². The van der Waals surface area contributed by atoms with Crippen LogP contribution in [-0.4, -0.2) is 63.2 Å². The summed E-state index contributed by atoms with van der Waals surface area (Å²) in [6.07, 6.45) is 2.38. The van der Waals surface area contributed by atoms with E-state index in [1.54, 1.807) is 36.4 Å². The zero-order chi connectivity index (χ0) is 26.6. The van der Waals surface area contributed by atoms with E-state index in [1.165, 1.54) is 0 Å². The molecule has 3 aromatic rings. The smallest absolute Gasteiger partial charge is 0.153 e. The third-order valence-corrected chi connectivity index (χ3v) is 5.87. The number of aryl methyl sites for hydroxylation is 3. The predicted molar refractivity (Wildman–Crippen MR) is 143 cm³/mol. The maximum absolute atomic E-state index is 11.4. The predicted octanol–water partition coefficient (Wildman–Crippen LogP) is 4.89. The molecular formula is C30H33NO6. The molecule has 0 bridgehead atoms. The van der Waals surface area contributed by atoms with Gasteiger partial charge in [-0.05, 0) is 57.2 Å². The van der Waals surface area contributed by atoms with Crippen molar-refractivity contribution in [2.45, 2.75) is 20.8 Å². The van der Waals surface area contributed by atoms with Gasteiger partial charge in [-0.1, -0.05) is 34.9 Å². The zero-order valence-electron chi connectivity index (χ0n) is 21.6. The van der Waals surface area contributed by atoms with E-state index in [0.717, 1.165) is 35.5 Å². The summed E-state index contributed by atoms with van der Waals surface area (Å²) in [7, 11) is 0. The number of carbonyl (C=O) groups is 3. The number of benzene rings is 3. The summed E-state index contributed by atoms with van der Waals surface area (Å²) in [5, 5.41) is 0. The van der Waals surface area contributed by atoms with Gasteiger partial charge >= 0.3 is 0 Å². The van der Waals surface area contributed by atoms with E-state index >= 15 is 0 Å². The lowest BCUT2D eigenvalue weighted by atomic mass is 10.1. The molecule has 0 spiro atoms. The first-order valence-electron chi connectivity index (χ1n) is 12.2. The molecule has 0 aliphatic carbocycles. The van der Waals surface area contributed by atoms with Crippen LogP contribution in [0, 0.1) is 20.8 Å². The van der Waals surface area contributed by atoms with E-state index in [-0.39, 0.29) is 0 Å². The Morgan fingerprint density at radius 2 is 0.838 bits per heavy atom. The minimum absolute atomic E-state index is 0.359. The average molecular weight is 504 g/mol. The molecule has 0 heterocycles. The third kappa shape index (κ3) is 8.29. The Kier molecular flexibility index (Phi) is 10.4. The van der Waals surface area contributed by atoms with Crippen LogP contribution in [0.3, 0.4) is 0 Å². The standard InChI is InChI=1S/C30H33NO6/c1-22-4-7-28(25(16-22)19-32)35-13-10-31(11-14-36-29-8-5-23(2)17-26(29)20-33)12-15-37-30-9-6-24(3)18-27(30)21-34/h4-9,16-21H,10-15H2,1-3H3. The Morgan fingerprint density at radius 1 is 0.541 bits per heavy atom. The third-order valence-electron chi connectivity index (χ3n) is 5.87. The van der Waals surface area contributed by atoms with E-state index in [4.69, 9.17) is 14.2 Å². The minimum atomic E-state index is 0.359. The largest absolute Gasteiger partial charge is 0.492 e. The fourth-order valence-electron chi connectivity index (χ4n) is 3.86. The molecule has 3 rings (SSSR count). The highest BCUT2D eigenvalue weighted by Crippen LogP contribution is 2.20. The lowest BCUT2D eigenvalue weighted by molar-refractivity contribution is 0.111. The number of hydrogen-bond donors (Lipinski definition) is 0. The van der Waals surface area contributed by atoms with Gasteiger partial charge in [0.25, 0.3) is 0 Å². The summed E-state index contributed by atoms with van der Waals surface area (Å²) in [5.41, 5.74) is 4.50. The zero-order valence-corrected chi connectivity index (χ0v) is 21.6. The van der Waals surface area contributed by atoms with Crippen LogP contribution in [0.2, 0.25) is 0 Å². The SMILES string of the molecule is Cc1ccc(OCCN(CCOc2ccc(C)cc2C=O)CCOc2ccc(C)cc2C=O)c(C=O)c1. The molecule has 0 aliphatic heterocycles. The van der Waals surface area contributed by atoms with Gasteiger partial charge in [0.1, 0.15) is 37.1 Å². The Labute approximate surface area is 218 Å². The van der Waals surface area contributed by atoms with Gasteiger partial charge in [-0.25, -0.2) is 0 Å². The van der Waals surface area contributed by atoms with Crippen molar-refractivity contribution in [3.8, 4) is 17.2 Å². The van der Waals surface area contributed by atoms with E-state index in [2.05, 4.69) is 4.90 Å². The van der Waals surface area contributed by atoms with Crippen molar-refractivity contribution in [1.29, 1.82) is 0 Å². The summed E-state index contributed by atoms with van der Waals surface area (Å²) in [4.78, 5) is 36.3. The molecule has 0 atom stereocenters. The average Bonchev–Trinajstić information content (AvgIpc) is 2.90. The second-order valence-corrected chi connectivity index (χ2v) is 8.86. The van der Waals surface area contributed by atoms with Crippen LogP contribution < -0.4 is 14.2 Å². The summed E-state index contributed by atoms with van der Waals surface area (Å²) in [5.74, 6) is 1.62. The molecule has 0 unspecified atom stereocenters. The van der Waals surface area contributed by atoms with Gasteiger partial charge in [-0.3, -0.25) is 19.3 Å². The number of aldehydes is 3. The number of ether oxygens (including phenoxy) is 3. The molecule has 194 valence electrons. The van der Waals surface area contributed by atoms with Crippen LogP contribution in [0.25, 0.3) is 0 Å². The van der Waals surface area contributed by atoms with Gasteiger partial charge in [0.2, 0.25) is 0 Å². The van der Waals surface area contributed by atoms with Crippen LogP contribution in [0.1, 0.15) is 47.8 Å². The molecule has 37 heavy (non-hydrogen) atoms. The first kappa shape index (κ1) is 27.6. The Bertz CT molecular complexity index is 1070. The van der Waals surface area contributed by atoms with Crippen molar-refractivity contribution in [1.82, 2.24) is 4.90 Å². The number of rotatable bonds is 15. The van der Waals surface area contributed by atoms with Crippen LogP contribution in [0.5, 0.6) is 17.2 Å². The summed E-state index contributed by atoms with van der Waals surface area (Å²) >= 11 is 0. The van der Waals surface area contributed by atoms with Crippen LogP contribution in [0.15, 0.2) is 54.6 Å². The molecule has 0 fully saturated rings. The van der Waals surface area contributed by atoms with Crippen LogP contribution >= 0.6 is 0 Å². The molecule has 0 saturated carbocycles. The second kappa shape index (κ2) is 13.9. The first-order valence-corrected chi connectivity index (χ1v) is 12.2.